The molecule has 142 valence electrons. The minimum atomic E-state index is 0. The predicted octanol–water partition coefficient (Wildman–Crippen LogP) is 4.71. The number of pyridine rings is 1. The second-order valence-corrected chi connectivity index (χ2v) is 6.42. The molecule has 26 heavy (non-hydrogen) atoms. The maximum atomic E-state index is 6.08. The van der Waals surface area contributed by atoms with Gasteiger partial charge in [-0.2, -0.15) is 0 Å². The molecule has 1 aromatic heterocycles. The molecule has 2 aromatic rings. The number of aliphatic imine (C=N–C) groups is 1. The molecule has 0 bridgehead atoms. The van der Waals surface area contributed by atoms with Gasteiger partial charge in [0, 0.05) is 18.3 Å². The van der Waals surface area contributed by atoms with Gasteiger partial charge in [0.05, 0.1) is 28.8 Å². The molecule has 0 aliphatic heterocycles. The van der Waals surface area contributed by atoms with E-state index in [0.29, 0.717) is 46.5 Å². The van der Waals surface area contributed by atoms with E-state index in [-0.39, 0.29) is 24.0 Å². The van der Waals surface area contributed by atoms with Crippen LogP contribution in [0.5, 0.6) is 5.75 Å². The third-order valence-corrected chi connectivity index (χ3v) is 4.15. The summed E-state index contributed by atoms with van der Waals surface area (Å²) in [6.07, 6.45) is 1.77. The number of hydrogen-bond donors (Lipinski definition) is 2. The summed E-state index contributed by atoms with van der Waals surface area (Å²) in [6.45, 7) is 3.50. The number of aromatic nitrogens is 1. The maximum absolute atomic E-state index is 6.08. The summed E-state index contributed by atoms with van der Waals surface area (Å²) in [5.41, 5.74) is 2.10. The highest BCUT2D eigenvalue weighted by Crippen LogP contribution is 2.35. The quantitative estimate of drug-likeness (QED) is 0.246. The van der Waals surface area contributed by atoms with Gasteiger partial charge in [0.1, 0.15) is 6.61 Å². The summed E-state index contributed by atoms with van der Waals surface area (Å²) >= 11 is 18.0. The summed E-state index contributed by atoms with van der Waals surface area (Å²) in [7, 11) is 1.70. The highest BCUT2D eigenvalue weighted by molar-refractivity contribution is 14.0. The van der Waals surface area contributed by atoms with E-state index in [1.807, 2.05) is 19.1 Å². The van der Waals surface area contributed by atoms with Crippen LogP contribution in [0, 0.1) is 6.92 Å². The Morgan fingerprint density at radius 1 is 1.19 bits per heavy atom. The van der Waals surface area contributed by atoms with E-state index in [2.05, 4.69) is 20.6 Å². The van der Waals surface area contributed by atoms with Crippen molar-refractivity contribution in [2.75, 3.05) is 20.2 Å². The molecule has 0 fully saturated rings. The number of ether oxygens (including phenoxy) is 1. The van der Waals surface area contributed by atoms with Crippen molar-refractivity contribution < 1.29 is 4.74 Å². The van der Waals surface area contributed by atoms with E-state index >= 15 is 0 Å². The molecule has 2 rings (SSSR count). The second kappa shape index (κ2) is 11.7. The van der Waals surface area contributed by atoms with Crippen LogP contribution in [0.25, 0.3) is 0 Å². The van der Waals surface area contributed by atoms with Crippen molar-refractivity contribution in [3.05, 3.63) is 56.8 Å². The summed E-state index contributed by atoms with van der Waals surface area (Å²) < 4.78 is 5.62. The van der Waals surface area contributed by atoms with Gasteiger partial charge in [-0.25, -0.2) is 0 Å². The number of hydrogen-bond acceptors (Lipinski definition) is 3. The molecule has 0 saturated carbocycles. The van der Waals surface area contributed by atoms with Crippen LogP contribution in [-0.2, 0) is 6.54 Å². The van der Waals surface area contributed by atoms with Crippen LogP contribution in [0.3, 0.4) is 0 Å². The first kappa shape index (κ1) is 23.1. The molecule has 2 N–H and O–H groups in total. The highest BCUT2D eigenvalue weighted by Gasteiger charge is 2.09. The maximum Gasteiger partial charge on any atom is 0.191 e. The van der Waals surface area contributed by atoms with Gasteiger partial charge in [-0.1, -0.05) is 40.9 Å². The Hall–Kier alpha value is -0.960. The number of aryl methyl sites for hydroxylation is 1. The second-order valence-electron chi connectivity index (χ2n) is 5.17. The van der Waals surface area contributed by atoms with Crippen LogP contribution in [0.1, 0.15) is 11.3 Å². The van der Waals surface area contributed by atoms with E-state index in [9.17, 15) is 0 Å². The molecule has 1 aromatic carbocycles. The fraction of sp³-hybridized carbons (Fsp3) is 0.294. The molecule has 9 heteroatoms. The first-order chi connectivity index (χ1) is 12.0. The van der Waals surface area contributed by atoms with Crippen LogP contribution in [-0.4, -0.2) is 31.1 Å². The van der Waals surface area contributed by atoms with Gasteiger partial charge in [-0.3, -0.25) is 9.98 Å². The number of rotatable bonds is 6. The van der Waals surface area contributed by atoms with Gasteiger partial charge in [0.15, 0.2) is 11.7 Å². The average molecular weight is 530 g/mol. The molecule has 0 atom stereocenters. The SMILES string of the molecule is CN=C(NCCOc1c(Cl)cc(Cl)cc1Cl)NCc1ncccc1C.I. The van der Waals surface area contributed by atoms with E-state index < -0.39 is 0 Å². The van der Waals surface area contributed by atoms with Crippen molar-refractivity contribution in [3.8, 4) is 5.75 Å². The number of guanidine groups is 1. The Kier molecular flexibility index (Phi) is 10.4. The lowest BCUT2D eigenvalue weighted by Crippen LogP contribution is -2.39. The molecular formula is C17H20Cl3IN4O. The van der Waals surface area contributed by atoms with Gasteiger partial charge >= 0.3 is 0 Å². The summed E-state index contributed by atoms with van der Waals surface area (Å²) in [6, 6.07) is 7.12. The molecule has 0 saturated heterocycles. The molecule has 1 heterocycles. The van der Waals surface area contributed by atoms with Crippen molar-refractivity contribution in [2.24, 2.45) is 4.99 Å². The molecule has 0 radical (unpaired) electrons. The smallest absolute Gasteiger partial charge is 0.191 e. The van der Waals surface area contributed by atoms with Crippen molar-refractivity contribution in [1.82, 2.24) is 15.6 Å². The topological polar surface area (TPSA) is 58.5 Å². The van der Waals surface area contributed by atoms with Gasteiger partial charge in [0.2, 0.25) is 0 Å². The molecule has 0 aliphatic rings. The standard InChI is InChI=1S/C17H19Cl3N4O.HI/c1-11-4-3-5-22-15(11)10-24-17(21-2)23-6-7-25-16-13(19)8-12(18)9-14(16)20;/h3-5,8-9H,6-7,10H2,1-2H3,(H2,21,23,24);1H. The van der Waals surface area contributed by atoms with E-state index in [1.54, 1.807) is 25.4 Å². The number of benzene rings is 1. The lowest BCUT2D eigenvalue weighted by atomic mass is 10.2. The number of nitrogens with zero attached hydrogens (tertiary/aromatic N) is 2. The van der Waals surface area contributed by atoms with Crippen molar-refractivity contribution in [1.29, 1.82) is 0 Å². The normalized spacial score (nSPS) is 10.9. The molecule has 5 nitrogen and oxygen atoms in total. The van der Waals surface area contributed by atoms with Crippen molar-refractivity contribution in [2.45, 2.75) is 13.5 Å². The lowest BCUT2D eigenvalue weighted by Gasteiger charge is -2.14. The average Bonchev–Trinajstić information content (AvgIpc) is 2.57. The minimum absolute atomic E-state index is 0. The number of nitrogens with one attached hydrogen (secondary N) is 2. The molecular weight excluding hydrogens is 509 g/mol. The van der Waals surface area contributed by atoms with Crippen LogP contribution in [0.2, 0.25) is 15.1 Å². The van der Waals surface area contributed by atoms with Crippen LogP contribution in [0.15, 0.2) is 35.5 Å². The zero-order valence-corrected chi connectivity index (χ0v) is 19.0. The predicted molar refractivity (Wildman–Crippen MR) is 120 cm³/mol. The Balaban J connectivity index is 0.00000338. The Labute approximate surface area is 185 Å². The lowest BCUT2D eigenvalue weighted by molar-refractivity contribution is 0.322. The third-order valence-electron chi connectivity index (χ3n) is 3.37. The van der Waals surface area contributed by atoms with Gasteiger partial charge in [-0.15, -0.1) is 24.0 Å². The molecule has 0 aliphatic carbocycles. The fourth-order valence-corrected chi connectivity index (χ4v) is 3.01. The highest BCUT2D eigenvalue weighted by atomic mass is 127. The van der Waals surface area contributed by atoms with Crippen molar-refractivity contribution in [3.63, 3.8) is 0 Å². The Morgan fingerprint density at radius 3 is 2.50 bits per heavy atom. The van der Waals surface area contributed by atoms with Crippen LogP contribution in [0.4, 0.5) is 0 Å². The van der Waals surface area contributed by atoms with Crippen LogP contribution >= 0.6 is 58.8 Å². The van der Waals surface area contributed by atoms with E-state index in [4.69, 9.17) is 39.5 Å². The van der Waals surface area contributed by atoms with Gasteiger partial charge < -0.3 is 15.4 Å². The Bertz CT molecular complexity index is 736. The van der Waals surface area contributed by atoms with Gasteiger partial charge in [0.25, 0.3) is 0 Å². The van der Waals surface area contributed by atoms with Gasteiger partial charge in [-0.05, 0) is 30.7 Å². The first-order valence-electron chi connectivity index (χ1n) is 7.63. The van der Waals surface area contributed by atoms with Crippen LogP contribution < -0.4 is 15.4 Å². The monoisotopic (exact) mass is 528 g/mol. The summed E-state index contributed by atoms with van der Waals surface area (Å²) in [5.74, 6) is 1.07. The Morgan fingerprint density at radius 2 is 1.88 bits per heavy atom. The zero-order valence-electron chi connectivity index (χ0n) is 14.4. The summed E-state index contributed by atoms with van der Waals surface area (Å²) in [5, 5.41) is 7.59. The zero-order chi connectivity index (χ0) is 18.2. The van der Waals surface area contributed by atoms with E-state index in [0.717, 1.165) is 11.3 Å². The first-order valence-corrected chi connectivity index (χ1v) is 8.77. The largest absolute Gasteiger partial charge is 0.489 e. The minimum Gasteiger partial charge on any atom is -0.489 e. The third kappa shape index (κ3) is 6.98. The number of halogens is 4. The fourth-order valence-electron chi connectivity index (χ4n) is 2.08. The van der Waals surface area contributed by atoms with Crippen molar-refractivity contribution >= 4 is 64.7 Å². The summed E-state index contributed by atoms with van der Waals surface area (Å²) in [4.78, 5) is 8.50. The molecule has 0 amide bonds. The molecule has 0 spiro atoms. The molecule has 0 unspecified atom stereocenters. The van der Waals surface area contributed by atoms with E-state index in [1.165, 1.54) is 0 Å².